The fourth-order valence-electron chi connectivity index (χ4n) is 0.964. The zero-order valence-corrected chi connectivity index (χ0v) is 8.47. The Balaban J connectivity index is 4.08. The van der Waals surface area contributed by atoms with Gasteiger partial charge in [0.1, 0.15) is 0 Å². The van der Waals surface area contributed by atoms with Crippen molar-refractivity contribution in [1.29, 1.82) is 0 Å². The van der Waals surface area contributed by atoms with Crippen LogP contribution in [-0.4, -0.2) is 29.3 Å². The third-order valence-electron chi connectivity index (χ3n) is 1.58. The van der Waals surface area contributed by atoms with Gasteiger partial charge in [-0.15, -0.1) is 18.2 Å². The molecule has 0 aromatic rings. The number of alkyl halides is 1. The van der Waals surface area contributed by atoms with E-state index >= 15 is 0 Å². The van der Waals surface area contributed by atoms with Crippen LogP contribution in [0.15, 0.2) is 12.7 Å². The number of halogens is 1. The van der Waals surface area contributed by atoms with E-state index in [2.05, 4.69) is 6.58 Å². The molecule has 0 heterocycles. The summed E-state index contributed by atoms with van der Waals surface area (Å²) >= 11 is 5.47. The Morgan fingerprint density at radius 2 is 2.25 bits per heavy atom. The maximum atomic E-state index is 11.4. The molecule has 2 nitrogen and oxygen atoms in total. The lowest BCUT2D eigenvalue weighted by Gasteiger charge is -2.24. The first-order chi connectivity index (χ1) is 5.63. The normalized spacial score (nSPS) is 10.0. The summed E-state index contributed by atoms with van der Waals surface area (Å²) in [4.78, 5) is 13.1. The van der Waals surface area contributed by atoms with Crippen LogP contribution in [0.5, 0.6) is 0 Å². The van der Waals surface area contributed by atoms with Crippen molar-refractivity contribution < 1.29 is 4.79 Å². The average molecular weight is 190 g/mol. The molecule has 1 amide bonds. The first-order valence-electron chi connectivity index (χ1n) is 4.09. The first kappa shape index (κ1) is 11.5. The standard InChI is InChI=1S/C9H16ClNO/c1-4-7-11(8(2)3)9(12)5-6-10/h4,8H,1,5-7H2,2-3H3. The summed E-state index contributed by atoms with van der Waals surface area (Å²) in [5.74, 6) is 0.485. The SMILES string of the molecule is C=CCN(C(=O)CCCl)C(C)C. The molecule has 0 N–H and O–H groups in total. The van der Waals surface area contributed by atoms with Crippen molar-refractivity contribution in [3.63, 3.8) is 0 Å². The number of nitrogens with zero attached hydrogens (tertiary/aromatic N) is 1. The Morgan fingerprint density at radius 1 is 1.67 bits per heavy atom. The summed E-state index contributed by atoms with van der Waals surface area (Å²) in [5, 5.41) is 0. The minimum absolute atomic E-state index is 0.0971. The van der Waals surface area contributed by atoms with Crippen LogP contribution in [0.3, 0.4) is 0 Å². The number of hydrogen-bond donors (Lipinski definition) is 0. The second-order valence-corrected chi connectivity index (χ2v) is 3.25. The zero-order chi connectivity index (χ0) is 9.56. The van der Waals surface area contributed by atoms with Gasteiger partial charge in [-0.1, -0.05) is 6.08 Å². The molecule has 0 spiro atoms. The van der Waals surface area contributed by atoms with Crippen LogP contribution < -0.4 is 0 Å². The highest BCUT2D eigenvalue weighted by Crippen LogP contribution is 2.02. The molecule has 0 aliphatic rings. The van der Waals surface area contributed by atoms with Crippen molar-refractivity contribution in [2.45, 2.75) is 26.3 Å². The summed E-state index contributed by atoms with van der Waals surface area (Å²) in [6.45, 7) is 8.17. The Kier molecular flexibility index (Phi) is 5.81. The first-order valence-corrected chi connectivity index (χ1v) is 4.63. The lowest BCUT2D eigenvalue weighted by molar-refractivity contribution is -0.131. The predicted octanol–water partition coefficient (Wildman–Crippen LogP) is 2.04. The minimum Gasteiger partial charge on any atom is -0.337 e. The molecular formula is C9H16ClNO. The summed E-state index contributed by atoms with van der Waals surface area (Å²) in [6, 6.07) is 0.221. The molecule has 0 atom stereocenters. The lowest BCUT2D eigenvalue weighted by Crippen LogP contribution is -2.37. The predicted molar refractivity (Wildman–Crippen MR) is 52.4 cm³/mol. The maximum Gasteiger partial charge on any atom is 0.224 e. The molecular weight excluding hydrogens is 174 g/mol. The summed E-state index contributed by atoms with van der Waals surface area (Å²) in [6.07, 6.45) is 2.14. The highest BCUT2D eigenvalue weighted by atomic mass is 35.5. The third-order valence-corrected chi connectivity index (χ3v) is 1.77. The van der Waals surface area contributed by atoms with Crippen LogP contribution in [-0.2, 0) is 4.79 Å². The van der Waals surface area contributed by atoms with Crippen molar-refractivity contribution in [3.8, 4) is 0 Å². The van der Waals surface area contributed by atoms with Gasteiger partial charge in [-0.2, -0.15) is 0 Å². The van der Waals surface area contributed by atoms with Gasteiger partial charge < -0.3 is 4.90 Å². The van der Waals surface area contributed by atoms with Crippen LogP contribution in [0.1, 0.15) is 20.3 Å². The largest absolute Gasteiger partial charge is 0.337 e. The average Bonchev–Trinajstić information content (AvgIpc) is 1.99. The van der Waals surface area contributed by atoms with E-state index < -0.39 is 0 Å². The van der Waals surface area contributed by atoms with Gasteiger partial charge >= 0.3 is 0 Å². The Hall–Kier alpha value is -0.500. The van der Waals surface area contributed by atoms with Gasteiger partial charge in [-0.3, -0.25) is 4.79 Å². The highest BCUT2D eigenvalue weighted by molar-refractivity contribution is 6.18. The van der Waals surface area contributed by atoms with Crippen molar-refractivity contribution in [2.24, 2.45) is 0 Å². The van der Waals surface area contributed by atoms with Gasteiger partial charge in [0.15, 0.2) is 0 Å². The molecule has 0 bridgehead atoms. The van der Waals surface area contributed by atoms with E-state index in [4.69, 9.17) is 11.6 Å². The fraction of sp³-hybridized carbons (Fsp3) is 0.667. The minimum atomic E-state index is 0.0971. The molecule has 0 rings (SSSR count). The van der Waals surface area contributed by atoms with Crippen molar-refractivity contribution in [1.82, 2.24) is 4.90 Å². The van der Waals surface area contributed by atoms with Crippen LogP contribution in [0, 0.1) is 0 Å². The topological polar surface area (TPSA) is 20.3 Å². The Bertz CT molecular complexity index is 157. The molecule has 0 unspecified atom stereocenters. The number of amides is 1. The van der Waals surface area contributed by atoms with E-state index in [9.17, 15) is 4.79 Å². The highest BCUT2D eigenvalue weighted by Gasteiger charge is 2.13. The number of carbonyl (C=O) groups is 1. The van der Waals surface area contributed by atoms with Gasteiger partial charge in [-0.05, 0) is 13.8 Å². The van der Waals surface area contributed by atoms with Crippen LogP contribution in [0.2, 0.25) is 0 Å². The van der Waals surface area contributed by atoms with Crippen LogP contribution in [0.4, 0.5) is 0 Å². The summed E-state index contributed by atoms with van der Waals surface area (Å²) in [7, 11) is 0. The van der Waals surface area contributed by atoms with E-state index in [0.29, 0.717) is 18.8 Å². The van der Waals surface area contributed by atoms with Crippen LogP contribution in [0.25, 0.3) is 0 Å². The van der Waals surface area contributed by atoms with Gasteiger partial charge in [0.2, 0.25) is 5.91 Å². The summed E-state index contributed by atoms with van der Waals surface area (Å²) in [5.41, 5.74) is 0. The monoisotopic (exact) mass is 189 g/mol. The second-order valence-electron chi connectivity index (χ2n) is 2.87. The lowest BCUT2D eigenvalue weighted by atomic mass is 10.3. The quantitative estimate of drug-likeness (QED) is 0.479. The van der Waals surface area contributed by atoms with E-state index in [1.807, 2.05) is 13.8 Å². The zero-order valence-electron chi connectivity index (χ0n) is 7.72. The second kappa shape index (κ2) is 6.06. The molecule has 0 aromatic carbocycles. The van der Waals surface area contributed by atoms with Gasteiger partial charge in [0.05, 0.1) is 0 Å². The number of carbonyl (C=O) groups excluding carboxylic acids is 1. The van der Waals surface area contributed by atoms with E-state index in [0.717, 1.165) is 0 Å². The Morgan fingerprint density at radius 3 is 2.58 bits per heavy atom. The molecule has 0 saturated carbocycles. The van der Waals surface area contributed by atoms with Gasteiger partial charge in [0.25, 0.3) is 0 Å². The van der Waals surface area contributed by atoms with E-state index in [-0.39, 0.29) is 11.9 Å². The molecule has 3 heteroatoms. The summed E-state index contributed by atoms with van der Waals surface area (Å²) < 4.78 is 0. The number of rotatable bonds is 5. The van der Waals surface area contributed by atoms with E-state index in [1.165, 1.54) is 0 Å². The number of hydrogen-bond acceptors (Lipinski definition) is 1. The van der Waals surface area contributed by atoms with Gasteiger partial charge in [-0.25, -0.2) is 0 Å². The molecule has 12 heavy (non-hydrogen) atoms. The fourth-order valence-corrected chi connectivity index (χ4v) is 1.13. The van der Waals surface area contributed by atoms with E-state index in [1.54, 1.807) is 11.0 Å². The van der Waals surface area contributed by atoms with Crippen LogP contribution >= 0.6 is 11.6 Å². The van der Waals surface area contributed by atoms with Gasteiger partial charge in [0, 0.05) is 24.9 Å². The smallest absolute Gasteiger partial charge is 0.224 e. The Labute approximate surface area is 79.2 Å². The molecule has 0 aromatic heterocycles. The molecule has 0 aliphatic heterocycles. The van der Waals surface area contributed by atoms with Crippen molar-refractivity contribution in [3.05, 3.63) is 12.7 Å². The van der Waals surface area contributed by atoms with Crippen molar-refractivity contribution >= 4 is 17.5 Å². The molecule has 0 aliphatic carbocycles. The molecule has 0 radical (unpaired) electrons. The molecule has 0 saturated heterocycles. The third kappa shape index (κ3) is 3.77. The van der Waals surface area contributed by atoms with Crippen molar-refractivity contribution in [2.75, 3.05) is 12.4 Å². The maximum absolute atomic E-state index is 11.4. The molecule has 70 valence electrons. The molecule has 0 fully saturated rings.